The normalized spacial score (nSPS) is 26.0. The third-order valence-electron chi connectivity index (χ3n) is 11.0. The summed E-state index contributed by atoms with van der Waals surface area (Å²) in [6.45, 7) is 0. The predicted octanol–water partition coefficient (Wildman–Crippen LogP) is 10.5. The zero-order chi connectivity index (χ0) is 28.3. The summed E-state index contributed by atoms with van der Waals surface area (Å²) in [5.74, 6) is 1.11. The van der Waals surface area contributed by atoms with E-state index in [0.717, 1.165) is 19.3 Å². The minimum Gasteiger partial charge on any atom is -0.361 e. The molecule has 4 aromatic rings. The molecule has 4 unspecified atom stereocenters. The molecule has 0 amide bonds. The number of benzene rings is 4. The van der Waals surface area contributed by atoms with E-state index >= 15 is 0 Å². The summed E-state index contributed by atoms with van der Waals surface area (Å²) in [5.41, 5.74) is 10.6. The lowest BCUT2D eigenvalue weighted by atomic mass is 9.75. The summed E-state index contributed by atoms with van der Waals surface area (Å²) in [4.78, 5) is 2.84. The second kappa shape index (κ2) is 10.3. The number of fused-ring (bicyclic) bond motifs is 8. The second-order valence-corrected chi connectivity index (χ2v) is 13.3. The van der Waals surface area contributed by atoms with E-state index in [1.165, 1.54) is 81.5 Å². The lowest BCUT2D eigenvalue weighted by Gasteiger charge is -2.39. The molecule has 0 spiro atoms. The Morgan fingerprint density at radius 3 is 2.42 bits per heavy atom. The molecule has 1 nitrogen and oxygen atoms in total. The average Bonchev–Trinajstić information content (AvgIpc) is 3.42. The van der Waals surface area contributed by atoms with E-state index in [1.54, 1.807) is 11.3 Å². The second-order valence-electron chi connectivity index (χ2n) is 13.3. The smallest absolute Gasteiger partial charge is 0.0543 e. The quantitative estimate of drug-likeness (QED) is 0.179. The Kier molecular flexibility index (Phi) is 6.06. The van der Waals surface area contributed by atoms with E-state index in [2.05, 4.69) is 120 Å². The fourth-order valence-corrected chi connectivity index (χ4v) is 9.05. The maximum atomic E-state index is 2.84. The topological polar surface area (TPSA) is 3.24 Å². The Balaban J connectivity index is 1.06. The van der Waals surface area contributed by atoms with Crippen LogP contribution in [0.15, 0.2) is 121 Å². The van der Waals surface area contributed by atoms with Crippen molar-refractivity contribution in [3.63, 3.8) is 0 Å². The van der Waals surface area contributed by atoms with E-state index in [-0.39, 0.29) is 0 Å². The highest BCUT2D eigenvalue weighted by Gasteiger charge is 2.44. The standard InChI is InChI=1S/C42H39N/c1-2-10-28(11-3-1)29-18-22-32(23-19-29)43-41-17-9-8-16-38(41)40-27-31(21-25-42(40)43)30-20-24-37-35-14-5-4-12-33(35)34-13-6-7-15-36(34)39(37)26-30/h1-5,7,10-12,14-15,18-22,24-26,31-32,40,42H,6,8-9,13,16-17,23,27H2. The van der Waals surface area contributed by atoms with Gasteiger partial charge in [0.05, 0.1) is 12.1 Å². The van der Waals surface area contributed by atoms with E-state index in [4.69, 9.17) is 0 Å². The molecule has 4 atom stereocenters. The van der Waals surface area contributed by atoms with Gasteiger partial charge in [0.1, 0.15) is 0 Å². The van der Waals surface area contributed by atoms with Gasteiger partial charge in [-0.05, 0) is 112 Å². The molecule has 0 saturated heterocycles. The van der Waals surface area contributed by atoms with E-state index in [0.29, 0.717) is 23.9 Å². The van der Waals surface area contributed by atoms with Crippen molar-refractivity contribution in [1.29, 1.82) is 0 Å². The third-order valence-corrected chi connectivity index (χ3v) is 11.0. The summed E-state index contributed by atoms with van der Waals surface area (Å²) in [5, 5.41) is 5.69. The van der Waals surface area contributed by atoms with Gasteiger partial charge in [-0.25, -0.2) is 0 Å². The van der Waals surface area contributed by atoms with Crippen molar-refractivity contribution in [3.8, 4) is 0 Å². The zero-order valence-corrected chi connectivity index (χ0v) is 24.9. The lowest BCUT2D eigenvalue weighted by molar-refractivity contribution is 0.220. The Morgan fingerprint density at radius 1 is 0.698 bits per heavy atom. The van der Waals surface area contributed by atoms with Crippen LogP contribution >= 0.6 is 0 Å². The molecule has 5 aliphatic rings. The maximum absolute atomic E-state index is 2.84. The molecule has 0 N–H and O–H groups in total. The number of hydrogen-bond acceptors (Lipinski definition) is 1. The minimum atomic E-state index is 0.457. The van der Waals surface area contributed by atoms with Crippen LogP contribution in [0.2, 0.25) is 0 Å². The molecule has 43 heavy (non-hydrogen) atoms. The zero-order valence-electron chi connectivity index (χ0n) is 24.9. The van der Waals surface area contributed by atoms with Crippen molar-refractivity contribution < 1.29 is 0 Å². The van der Waals surface area contributed by atoms with E-state index in [9.17, 15) is 0 Å². The Labute approximate surface area is 255 Å². The first-order chi connectivity index (χ1) is 21.3. The van der Waals surface area contributed by atoms with Crippen LogP contribution in [0.4, 0.5) is 0 Å². The van der Waals surface area contributed by atoms with Gasteiger partial charge in [-0.2, -0.15) is 0 Å². The largest absolute Gasteiger partial charge is 0.361 e. The minimum absolute atomic E-state index is 0.457. The number of nitrogens with zero attached hydrogens (tertiary/aromatic N) is 1. The SMILES string of the molecule is C1=Cc2c(c3ccccc3c3ccc(C4C=CC5C(C4)C4=C(CCCC4)N5C4C=CC(c5ccccc5)=CC4)cc23)CC1. The van der Waals surface area contributed by atoms with Crippen molar-refractivity contribution >= 4 is 33.2 Å². The van der Waals surface area contributed by atoms with Gasteiger partial charge in [-0.3, -0.25) is 0 Å². The van der Waals surface area contributed by atoms with Crippen molar-refractivity contribution in [1.82, 2.24) is 4.90 Å². The highest BCUT2D eigenvalue weighted by atomic mass is 15.2. The van der Waals surface area contributed by atoms with Crippen LogP contribution in [0.5, 0.6) is 0 Å². The summed E-state index contributed by atoms with van der Waals surface area (Å²) >= 11 is 0. The van der Waals surface area contributed by atoms with Gasteiger partial charge >= 0.3 is 0 Å². The van der Waals surface area contributed by atoms with E-state index in [1.807, 2.05) is 0 Å². The monoisotopic (exact) mass is 557 g/mol. The van der Waals surface area contributed by atoms with Crippen LogP contribution in [-0.4, -0.2) is 17.0 Å². The van der Waals surface area contributed by atoms with Gasteiger partial charge in [0.2, 0.25) is 0 Å². The molecule has 212 valence electrons. The predicted molar refractivity (Wildman–Crippen MR) is 182 cm³/mol. The van der Waals surface area contributed by atoms with Crippen LogP contribution in [0, 0.1) is 5.92 Å². The number of allylic oxidation sites excluding steroid dienone is 5. The number of rotatable bonds is 3. The molecule has 0 bridgehead atoms. The maximum Gasteiger partial charge on any atom is 0.0543 e. The molecule has 0 fully saturated rings. The molecule has 1 aliphatic heterocycles. The first kappa shape index (κ1) is 25.4. The summed E-state index contributed by atoms with van der Waals surface area (Å²) in [6, 6.07) is 28.3. The molecule has 1 heteroatoms. The first-order valence-corrected chi connectivity index (χ1v) is 16.6. The van der Waals surface area contributed by atoms with Crippen molar-refractivity contribution in [2.45, 2.75) is 69.4 Å². The average molecular weight is 558 g/mol. The Hall–Kier alpha value is -4.10. The van der Waals surface area contributed by atoms with E-state index < -0.39 is 0 Å². The van der Waals surface area contributed by atoms with Crippen LogP contribution in [0.1, 0.15) is 73.1 Å². The molecule has 0 saturated carbocycles. The first-order valence-electron chi connectivity index (χ1n) is 16.6. The van der Waals surface area contributed by atoms with Crippen LogP contribution in [0.3, 0.4) is 0 Å². The number of hydrogen-bond donors (Lipinski definition) is 0. The molecular weight excluding hydrogens is 518 g/mol. The Bertz CT molecular complexity index is 1900. The van der Waals surface area contributed by atoms with Gasteiger partial charge in [-0.1, -0.05) is 109 Å². The summed E-state index contributed by atoms with van der Waals surface area (Å²) < 4.78 is 0. The molecular formula is C42H39N. The van der Waals surface area contributed by atoms with Crippen LogP contribution in [-0.2, 0) is 6.42 Å². The fourth-order valence-electron chi connectivity index (χ4n) is 9.05. The van der Waals surface area contributed by atoms with Crippen LogP contribution in [0.25, 0.3) is 33.2 Å². The lowest BCUT2D eigenvalue weighted by Crippen LogP contribution is -2.41. The summed E-state index contributed by atoms with van der Waals surface area (Å²) in [7, 11) is 0. The van der Waals surface area contributed by atoms with Crippen LogP contribution < -0.4 is 0 Å². The van der Waals surface area contributed by atoms with Crippen molar-refractivity contribution in [3.05, 3.63) is 143 Å². The molecule has 4 aromatic carbocycles. The van der Waals surface area contributed by atoms with Gasteiger partial charge in [0, 0.05) is 17.5 Å². The molecule has 4 aliphatic carbocycles. The molecule has 9 rings (SSSR count). The molecule has 1 heterocycles. The van der Waals surface area contributed by atoms with Crippen molar-refractivity contribution in [2.75, 3.05) is 0 Å². The summed E-state index contributed by atoms with van der Waals surface area (Å²) in [6.07, 6.45) is 27.1. The number of aryl methyl sites for hydroxylation is 1. The fraction of sp³-hybridized carbons (Fsp3) is 0.286. The van der Waals surface area contributed by atoms with Gasteiger partial charge in [0.15, 0.2) is 0 Å². The highest BCUT2D eigenvalue weighted by Crippen LogP contribution is 2.51. The van der Waals surface area contributed by atoms with Gasteiger partial charge < -0.3 is 4.90 Å². The Morgan fingerprint density at radius 2 is 1.53 bits per heavy atom. The van der Waals surface area contributed by atoms with Gasteiger partial charge in [-0.15, -0.1) is 0 Å². The molecule has 0 radical (unpaired) electrons. The molecule has 0 aromatic heterocycles. The van der Waals surface area contributed by atoms with Gasteiger partial charge in [0.25, 0.3) is 0 Å². The van der Waals surface area contributed by atoms with Crippen molar-refractivity contribution in [2.24, 2.45) is 5.92 Å². The third kappa shape index (κ3) is 4.12. The highest BCUT2D eigenvalue weighted by molar-refractivity contribution is 6.13.